The van der Waals surface area contributed by atoms with Gasteiger partial charge in [-0.05, 0) is 59.3 Å². The van der Waals surface area contributed by atoms with Crippen LogP contribution in [0.4, 0.5) is 0 Å². The van der Waals surface area contributed by atoms with Gasteiger partial charge in [0, 0.05) is 31.0 Å². The summed E-state index contributed by atoms with van der Waals surface area (Å²) in [4.78, 5) is 12.8. The Kier molecular flexibility index (Phi) is 6.16. The molecule has 0 bridgehead atoms. The standard InChI is InChI=1S/C21H25BrN2O3S2/c22-18-7-8-19(28-18)29(26,27)24-13-9-16(10-14-24)20(25)23-15-21(11-4-12-21)17-5-2-1-3-6-17/h1-3,5-8,16H,4,9-15H2,(H,23,25). The van der Waals surface area contributed by atoms with E-state index < -0.39 is 10.0 Å². The molecule has 0 spiro atoms. The van der Waals surface area contributed by atoms with Crippen molar-refractivity contribution >= 4 is 43.2 Å². The van der Waals surface area contributed by atoms with Crippen LogP contribution in [0.1, 0.15) is 37.7 Å². The molecular formula is C21H25BrN2O3S2. The maximum atomic E-state index is 12.8. The fourth-order valence-electron chi connectivity index (χ4n) is 4.29. The SMILES string of the molecule is O=C(NCC1(c2ccccc2)CCC1)C1CCN(S(=O)(=O)c2ccc(Br)s2)CC1. The molecule has 8 heteroatoms. The molecule has 4 rings (SSSR count). The van der Waals surface area contributed by atoms with Crippen LogP contribution in [0.5, 0.6) is 0 Å². The molecule has 1 aliphatic carbocycles. The van der Waals surface area contributed by atoms with E-state index in [2.05, 4.69) is 45.5 Å². The summed E-state index contributed by atoms with van der Waals surface area (Å²) in [5, 5.41) is 3.17. The van der Waals surface area contributed by atoms with E-state index in [1.54, 1.807) is 12.1 Å². The number of carbonyl (C=O) groups excluding carboxylic acids is 1. The minimum Gasteiger partial charge on any atom is -0.355 e. The van der Waals surface area contributed by atoms with Gasteiger partial charge < -0.3 is 5.32 Å². The molecule has 2 aliphatic rings. The predicted octanol–water partition coefficient (Wildman–Crippen LogP) is 4.15. The molecule has 1 N–H and O–H groups in total. The van der Waals surface area contributed by atoms with Crippen LogP contribution in [0.3, 0.4) is 0 Å². The fraction of sp³-hybridized carbons (Fsp3) is 0.476. The van der Waals surface area contributed by atoms with Crippen LogP contribution in [-0.4, -0.2) is 38.3 Å². The maximum Gasteiger partial charge on any atom is 0.252 e. The Hall–Kier alpha value is -1.22. The number of piperidine rings is 1. The number of halogens is 1. The highest BCUT2D eigenvalue weighted by molar-refractivity contribution is 9.11. The lowest BCUT2D eigenvalue weighted by Crippen LogP contribution is -2.48. The van der Waals surface area contributed by atoms with Crippen molar-refractivity contribution < 1.29 is 13.2 Å². The van der Waals surface area contributed by atoms with Crippen molar-refractivity contribution in [3.8, 4) is 0 Å². The highest BCUT2D eigenvalue weighted by Crippen LogP contribution is 2.43. The van der Waals surface area contributed by atoms with E-state index in [0.717, 1.165) is 16.6 Å². The molecule has 156 valence electrons. The number of rotatable bonds is 6. The van der Waals surface area contributed by atoms with Crippen LogP contribution in [0.2, 0.25) is 0 Å². The zero-order valence-corrected chi connectivity index (χ0v) is 19.4. The maximum absolute atomic E-state index is 12.8. The summed E-state index contributed by atoms with van der Waals surface area (Å²) in [5.41, 5.74) is 1.36. The first kappa shape index (κ1) is 21.0. The Morgan fingerprint density at radius 1 is 1.14 bits per heavy atom. The second-order valence-electron chi connectivity index (χ2n) is 7.95. The lowest BCUT2D eigenvalue weighted by molar-refractivity contribution is -0.126. The molecule has 5 nitrogen and oxygen atoms in total. The van der Waals surface area contributed by atoms with Gasteiger partial charge in [-0.25, -0.2) is 8.42 Å². The quantitative estimate of drug-likeness (QED) is 0.652. The molecule has 2 aromatic rings. The summed E-state index contributed by atoms with van der Waals surface area (Å²) in [6, 6.07) is 13.8. The van der Waals surface area contributed by atoms with Crippen molar-refractivity contribution in [3.05, 3.63) is 51.8 Å². The lowest BCUT2D eigenvalue weighted by atomic mass is 9.64. The van der Waals surface area contributed by atoms with E-state index in [1.165, 1.54) is 27.6 Å². The van der Waals surface area contributed by atoms with E-state index in [1.807, 2.05) is 6.07 Å². The van der Waals surface area contributed by atoms with Crippen molar-refractivity contribution in [1.29, 1.82) is 0 Å². The Bertz CT molecular complexity index is 963. The molecule has 1 saturated heterocycles. The summed E-state index contributed by atoms with van der Waals surface area (Å²) >= 11 is 4.54. The van der Waals surface area contributed by atoms with Crippen LogP contribution in [0.25, 0.3) is 0 Å². The number of benzene rings is 1. The Labute approximate surface area is 184 Å². The van der Waals surface area contributed by atoms with Crippen LogP contribution < -0.4 is 5.32 Å². The second-order valence-corrected chi connectivity index (χ2v) is 12.6. The van der Waals surface area contributed by atoms with Crippen LogP contribution >= 0.6 is 27.3 Å². The molecule has 0 radical (unpaired) electrons. The van der Waals surface area contributed by atoms with Crippen LogP contribution in [0, 0.1) is 5.92 Å². The third-order valence-corrected chi connectivity index (χ3v) is 10.3. The number of nitrogens with zero attached hydrogens (tertiary/aromatic N) is 1. The van der Waals surface area contributed by atoms with Crippen molar-refractivity contribution in [2.24, 2.45) is 5.92 Å². The Morgan fingerprint density at radius 3 is 2.38 bits per heavy atom. The third kappa shape index (κ3) is 4.31. The van der Waals surface area contributed by atoms with E-state index >= 15 is 0 Å². The minimum absolute atomic E-state index is 0.0584. The molecule has 2 heterocycles. The van der Waals surface area contributed by atoms with Crippen LogP contribution in [-0.2, 0) is 20.2 Å². The van der Waals surface area contributed by atoms with Gasteiger partial charge in [-0.3, -0.25) is 4.79 Å². The van der Waals surface area contributed by atoms with Gasteiger partial charge >= 0.3 is 0 Å². The zero-order chi connectivity index (χ0) is 20.5. The average Bonchev–Trinajstić information content (AvgIpc) is 3.15. The zero-order valence-electron chi connectivity index (χ0n) is 16.1. The first-order valence-corrected chi connectivity index (χ1v) is 13.0. The molecular weight excluding hydrogens is 472 g/mol. The highest BCUT2D eigenvalue weighted by atomic mass is 79.9. The number of amides is 1. The third-order valence-electron chi connectivity index (χ3n) is 6.27. The summed E-state index contributed by atoms with van der Waals surface area (Å²) < 4.78 is 28.2. The van der Waals surface area contributed by atoms with Gasteiger partial charge in [0.15, 0.2) is 0 Å². The molecule has 1 saturated carbocycles. The van der Waals surface area contributed by atoms with Gasteiger partial charge in [0.05, 0.1) is 3.79 Å². The van der Waals surface area contributed by atoms with Gasteiger partial charge in [-0.2, -0.15) is 4.31 Å². The number of carbonyl (C=O) groups is 1. The van der Waals surface area contributed by atoms with Crippen molar-refractivity contribution in [2.75, 3.05) is 19.6 Å². The molecule has 1 aliphatic heterocycles. The van der Waals surface area contributed by atoms with Gasteiger partial charge in [0.1, 0.15) is 4.21 Å². The normalized spacial score (nSPS) is 20.2. The summed E-state index contributed by atoms with van der Waals surface area (Å²) in [7, 11) is -3.47. The summed E-state index contributed by atoms with van der Waals surface area (Å²) in [5.74, 6) is -0.0625. The fourth-order valence-corrected chi connectivity index (χ4v) is 7.92. The second kappa shape index (κ2) is 8.49. The highest BCUT2D eigenvalue weighted by Gasteiger charge is 2.39. The van der Waals surface area contributed by atoms with E-state index in [9.17, 15) is 13.2 Å². The number of hydrogen-bond acceptors (Lipinski definition) is 4. The topological polar surface area (TPSA) is 66.5 Å². The van der Waals surface area contributed by atoms with E-state index in [4.69, 9.17) is 0 Å². The van der Waals surface area contributed by atoms with Gasteiger partial charge in [-0.15, -0.1) is 11.3 Å². The number of hydrogen-bond donors (Lipinski definition) is 1. The van der Waals surface area contributed by atoms with Crippen LogP contribution in [0.15, 0.2) is 50.5 Å². The smallest absolute Gasteiger partial charge is 0.252 e. The van der Waals surface area contributed by atoms with Crippen molar-refractivity contribution in [2.45, 2.75) is 41.7 Å². The van der Waals surface area contributed by atoms with E-state index in [-0.39, 0.29) is 17.2 Å². The molecule has 1 amide bonds. The lowest BCUT2D eigenvalue weighted by Gasteiger charge is -2.43. The number of sulfonamides is 1. The predicted molar refractivity (Wildman–Crippen MR) is 118 cm³/mol. The van der Waals surface area contributed by atoms with Gasteiger partial charge in [0.25, 0.3) is 10.0 Å². The van der Waals surface area contributed by atoms with Crippen molar-refractivity contribution in [1.82, 2.24) is 9.62 Å². The van der Waals surface area contributed by atoms with Gasteiger partial charge in [-0.1, -0.05) is 36.8 Å². The first-order valence-electron chi connectivity index (χ1n) is 9.99. The number of nitrogens with one attached hydrogen (secondary N) is 1. The Morgan fingerprint density at radius 2 is 1.83 bits per heavy atom. The Balaban J connectivity index is 1.33. The number of thiophene rings is 1. The average molecular weight is 497 g/mol. The van der Waals surface area contributed by atoms with Crippen molar-refractivity contribution in [3.63, 3.8) is 0 Å². The molecule has 1 aromatic carbocycles. The van der Waals surface area contributed by atoms with Gasteiger partial charge in [0.2, 0.25) is 5.91 Å². The molecule has 0 unspecified atom stereocenters. The van der Waals surface area contributed by atoms with E-state index in [0.29, 0.717) is 36.7 Å². The molecule has 2 fully saturated rings. The first-order chi connectivity index (χ1) is 13.9. The molecule has 29 heavy (non-hydrogen) atoms. The minimum atomic E-state index is -3.47. The largest absolute Gasteiger partial charge is 0.355 e. The molecule has 1 aromatic heterocycles. The summed E-state index contributed by atoms with van der Waals surface area (Å²) in [6.07, 6.45) is 4.53. The monoisotopic (exact) mass is 496 g/mol. The molecule has 0 atom stereocenters. The summed E-state index contributed by atoms with van der Waals surface area (Å²) in [6.45, 7) is 1.44.